The summed E-state index contributed by atoms with van der Waals surface area (Å²) in [6, 6.07) is 3.96. The van der Waals surface area contributed by atoms with Crippen LogP contribution in [0.4, 0.5) is 5.82 Å². The Morgan fingerprint density at radius 1 is 1.38 bits per heavy atom. The summed E-state index contributed by atoms with van der Waals surface area (Å²) in [6.45, 7) is 2.95. The van der Waals surface area contributed by atoms with E-state index >= 15 is 0 Å². The van der Waals surface area contributed by atoms with E-state index in [4.69, 9.17) is 12.2 Å². The van der Waals surface area contributed by atoms with Crippen LogP contribution in [0.3, 0.4) is 0 Å². The molecule has 0 unspecified atom stereocenters. The number of thioether (sulfide) groups is 1. The fourth-order valence-corrected chi connectivity index (χ4v) is 4.03. The molecule has 21 heavy (non-hydrogen) atoms. The Kier molecular flexibility index (Phi) is 7.30. The molecule has 0 atom stereocenters. The van der Waals surface area contributed by atoms with E-state index in [-0.39, 0.29) is 0 Å². The summed E-state index contributed by atoms with van der Waals surface area (Å²) >= 11 is 7.44. The zero-order valence-electron chi connectivity index (χ0n) is 12.7. The maximum absolute atomic E-state index is 5.30. The number of hydrogen-bond donors (Lipinski definition) is 2. The van der Waals surface area contributed by atoms with Crippen molar-refractivity contribution >= 4 is 34.9 Å². The molecule has 0 bridgehead atoms. The van der Waals surface area contributed by atoms with Crippen LogP contribution in [0.2, 0.25) is 0 Å². The first-order valence-corrected chi connectivity index (χ1v) is 9.29. The second-order valence-corrected chi connectivity index (χ2v) is 7.35. The van der Waals surface area contributed by atoms with Gasteiger partial charge >= 0.3 is 0 Å². The molecular weight excluding hydrogens is 298 g/mol. The molecule has 0 saturated heterocycles. The van der Waals surface area contributed by atoms with Gasteiger partial charge in [0.1, 0.15) is 5.82 Å². The molecular formula is C16H25N3S2. The molecule has 0 aromatic carbocycles. The zero-order valence-corrected chi connectivity index (χ0v) is 14.4. The first-order chi connectivity index (χ1) is 10.3. The molecule has 0 spiro atoms. The summed E-state index contributed by atoms with van der Waals surface area (Å²) in [6.07, 6.45) is 10.0. The first-order valence-electron chi connectivity index (χ1n) is 7.84. The van der Waals surface area contributed by atoms with Crippen molar-refractivity contribution in [1.82, 2.24) is 10.3 Å². The van der Waals surface area contributed by atoms with Crippen molar-refractivity contribution < 1.29 is 0 Å². The van der Waals surface area contributed by atoms with Gasteiger partial charge in [0.2, 0.25) is 0 Å². The lowest BCUT2D eigenvalue weighted by Gasteiger charge is -2.20. The lowest BCUT2D eigenvalue weighted by Crippen LogP contribution is -2.30. The van der Waals surface area contributed by atoms with E-state index in [1.165, 1.54) is 37.9 Å². The molecule has 1 heterocycles. The lowest BCUT2D eigenvalue weighted by molar-refractivity contribution is 0.516. The quantitative estimate of drug-likeness (QED) is 0.608. The van der Waals surface area contributed by atoms with Gasteiger partial charge < -0.3 is 10.6 Å². The van der Waals surface area contributed by atoms with Gasteiger partial charge in [-0.25, -0.2) is 4.98 Å². The Bertz CT molecular complexity index is 445. The number of hydrogen-bond acceptors (Lipinski definition) is 3. The number of rotatable bonds is 6. The molecule has 2 N–H and O–H groups in total. The molecule has 1 aromatic heterocycles. The fraction of sp³-hybridized carbons (Fsp3) is 0.625. The van der Waals surface area contributed by atoms with Gasteiger partial charge in [0.15, 0.2) is 5.11 Å². The van der Waals surface area contributed by atoms with E-state index < -0.39 is 0 Å². The van der Waals surface area contributed by atoms with Gasteiger partial charge in [-0.3, -0.25) is 0 Å². The minimum atomic E-state index is 0.666. The molecule has 1 aromatic rings. The average molecular weight is 324 g/mol. The monoisotopic (exact) mass is 323 g/mol. The van der Waals surface area contributed by atoms with Crippen molar-refractivity contribution in [3.8, 4) is 0 Å². The molecule has 1 saturated carbocycles. The number of aromatic nitrogens is 1. The molecule has 116 valence electrons. The fourth-order valence-electron chi connectivity index (χ4n) is 2.52. The van der Waals surface area contributed by atoms with Crippen molar-refractivity contribution in [2.75, 3.05) is 17.6 Å². The highest BCUT2D eigenvalue weighted by atomic mass is 32.2. The summed E-state index contributed by atoms with van der Waals surface area (Å²) in [4.78, 5) is 4.28. The average Bonchev–Trinajstić information content (AvgIpc) is 2.50. The second-order valence-electron chi connectivity index (χ2n) is 5.53. The second kappa shape index (κ2) is 9.26. The maximum atomic E-state index is 5.30. The van der Waals surface area contributed by atoms with Crippen molar-refractivity contribution in [3.05, 3.63) is 23.9 Å². The Balaban J connectivity index is 1.56. The van der Waals surface area contributed by atoms with Crippen LogP contribution in [-0.2, 0) is 0 Å². The highest BCUT2D eigenvalue weighted by Gasteiger charge is 2.12. The Hall–Kier alpha value is -0.810. The normalized spacial score (nSPS) is 15.7. The van der Waals surface area contributed by atoms with Crippen molar-refractivity contribution in [3.63, 3.8) is 0 Å². The van der Waals surface area contributed by atoms with Crippen LogP contribution in [0.25, 0.3) is 0 Å². The number of thiocarbonyl (C=S) groups is 1. The maximum Gasteiger partial charge on any atom is 0.171 e. The molecule has 0 radical (unpaired) electrons. The van der Waals surface area contributed by atoms with Crippen LogP contribution >= 0.6 is 24.0 Å². The molecule has 0 amide bonds. The van der Waals surface area contributed by atoms with Gasteiger partial charge in [0, 0.05) is 18.0 Å². The van der Waals surface area contributed by atoms with Crippen molar-refractivity contribution in [2.24, 2.45) is 0 Å². The standard InChI is InChI=1S/C16H25N3S2/c1-13-7-5-10-17-15(13)19-16(20)18-11-6-12-21-14-8-3-2-4-9-14/h5,7,10,14H,2-4,6,8-9,11-12H2,1H3,(H2,17,18,19,20). The van der Waals surface area contributed by atoms with Crippen LogP contribution in [0.15, 0.2) is 18.3 Å². The van der Waals surface area contributed by atoms with Gasteiger partial charge in [0.25, 0.3) is 0 Å². The van der Waals surface area contributed by atoms with E-state index in [0.29, 0.717) is 5.11 Å². The van der Waals surface area contributed by atoms with E-state index in [1.807, 2.05) is 19.1 Å². The predicted octanol–water partition coefficient (Wildman–Crippen LogP) is 4.13. The Labute approximate surface area is 137 Å². The number of pyridine rings is 1. The third kappa shape index (κ3) is 6.22. The smallest absolute Gasteiger partial charge is 0.171 e. The SMILES string of the molecule is Cc1cccnc1NC(=S)NCCCSC1CCCCC1. The summed E-state index contributed by atoms with van der Waals surface area (Å²) in [5.74, 6) is 2.06. The van der Waals surface area contributed by atoms with Gasteiger partial charge in [0.05, 0.1) is 0 Å². The zero-order chi connectivity index (χ0) is 14.9. The predicted molar refractivity (Wildman–Crippen MR) is 97.1 cm³/mol. The molecule has 1 fully saturated rings. The number of nitrogens with zero attached hydrogens (tertiary/aromatic N) is 1. The summed E-state index contributed by atoms with van der Waals surface area (Å²) < 4.78 is 0. The summed E-state index contributed by atoms with van der Waals surface area (Å²) in [5.41, 5.74) is 1.11. The van der Waals surface area contributed by atoms with Crippen LogP contribution in [-0.4, -0.2) is 27.6 Å². The minimum absolute atomic E-state index is 0.666. The summed E-state index contributed by atoms with van der Waals surface area (Å²) in [5, 5.41) is 7.98. The molecule has 0 aliphatic heterocycles. The topological polar surface area (TPSA) is 37.0 Å². The van der Waals surface area contributed by atoms with Crippen LogP contribution in [0.1, 0.15) is 44.1 Å². The van der Waals surface area contributed by atoms with E-state index in [2.05, 4.69) is 27.4 Å². The largest absolute Gasteiger partial charge is 0.362 e. The van der Waals surface area contributed by atoms with Gasteiger partial charge in [-0.15, -0.1) is 0 Å². The first kappa shape index (κ1) is 16.6. The minimum Gasteiger partial charge on any atom is -0.362 e. The number of aryl methyl sites for hydroxylation is 1. The third-order valence-corrected chi connectivity index (χ3v) is 5.47. The molecule has 1 aliphatic rings. The van der Waals surface area contributed by atoms with Crippen LogP contribution < -0.4 is 10.6 Å². The van der Waals surface area contributed by atoms with E-state index in [0.717, 1.165) is 29.6 Å². The highest BCUT2D eigenvalue weighted by molar-refractivity contribution is 7.99. The molecule has 1 aliphatic carbocycles. The number of nitrogens with one attached hydrogen (secondary N) is 2. The Morgan fingerprint density at radius 3 is 2.95 bits per heavy atom. The third-order valence-electron chi connectivity index (χ3n) is 3.75. The van der Waals surface area contributed by atoms with E-state index in [9.17, 15) is 0 Å². The number of anilines is 1. The Morgan fingerprint density at radius 2 is 2.19 bits per heavy atom. The summed E-state index contributed by atoms with van der Waals surface area (Å²) in [7, 11) is 0. The van der Waals surface area contributed by atoms with Crippen LogP contribution in [0, 0.1) is 6.92 Å². The molecule has 5 heteroatoms. The van der Waals surface area contributed by atoms with Gasteiger partial charge in [-0.05, 0) is 55.8 Å². The molecule has 3 nitrogen and oxygen atoms in total. The van der Waals surface area contributed by atoms with Crippen LogP contribution in [0.5, 0.6) is 0 Å². The highest BCUT2D eigenvalue weighted by Crippen LogP contribution is 2.28. The van der Waals surface area contributed by atoms with Gasteiger partial charge in [-0.2, -0.15) is 11.8 Å². The van der Waals surface area contributed by atoms with Crippen molar-refractivity contribution in [2.45, 2.75) is 50.7 Å². The lowest BCUT2D eigenvalue weighted by atomic mass is 10.0. The van der Waals surface area contributed by atoms with Crippen molar-refractivity contribution in [1.29, 1.82) is 0 Å². The van der Waals surface area contributed by atoms with Gasteiger partial charge in [-0.1, -0.05) is 25.3 Å². The molecule has 2 rings (SSSR count). The van der Waals surface area contributed by atoms with E-state index in [1.54, 1.807) is 6.20 Å².